The molecule has 2 saturated heterocycles. The van der Waals surface area contributed by atoms with Crippen LogP contribution < -0.4 is 0 Å². The van der Waals surface area contributed by atoms with Gasteiger partial charge in [0.25, 0.3) is 11.1 Å². The summed E-state index contributed by atoms with van der Waals surface area (Å²) in [7, 11) is 0. The summed E-state index contributed by atoms with van der Waals surface area (Å²) >= 11 is 10.9. The third kappa shape index (κ3) is 6.55. The molecule has 1 aromatic rings. The predicted octanol–water partition coefficient (Wildman–Crippen LogP) is 3.69. The van der Waals surface area contributed by atoms with Crippen LogP contribution in [0.15, 0.2) is 30.3 Å². The van der Waals surface area contributed by atoms with Gasteiger partial charge in [-0.3, -0.25) is 24.2 Å². The monoisotopic (exact) mass is 497 g/mol. The minimum Gasteiger partial charge on any atom is -0.469 e. The number of likely N-dealkylation sites (tertiary alicyclic amines) is 1. The zero-order valence-electron chi connectivity index (χ0n) is 18.9. The first-order valence-electron chi connectivity index (χ1n) is 10.7. The Bertz CT molecular complexity index is 894. The van der Waals surface area contributed by atoms with Crippen molar-refractivity contribution in [1.82, 2.24) is 14.9 Å². The molecule has 0 aromatic heterocycles. The second-order valence-corrected chi connectivity index (χ2v) is 9.49. The van der Waals surface area contributed by atoms with E-state index in [-0.39, 0.29) is 30.7 Å². The molecule has 0 radical (unpaired) electrons. The Morgan fingerprint density at radius 2 is 1.91 bits per heavy atom. The van der Waals surface area contributed by atoms with Gasteiger partial charge in [0, 0.05) is 6.54 Å². The van der Waals surface area contributed by atoms with Crippen LogP contribution in [-0.2, 0) is 25.7 Å². The van der Waals surface area contributed by atoms with Crippen molar-refractivity contribution in [2.75, 3.05) is 19.7 Å². The molecule has 9 nitrogen and oxygen atoms in total. The zero-order chi connectivity index (χ0) is 24.2. The molecule has 0 saturated carbocycles. The predicted molar refractivity (Wildman–Crippen MR) is 124 cm³/mol. The van der Waals surface area contributed by atoms with Crippen molar-refractivity contribution in [2.45, 2.75) is 57.9 Å². The fraction of sp³-hybridized carbons (Fsp3) is 0.545. The fourth-order valence-electron chi connectivity index (χ4n) is 3.71. The molecule has 0 bridgehead atoms. The molecule has 3 amide bonds. The normalized spacial score (nSPS) is 20.9. The van der Waals surface area contributed by atoms with E-state index in [0.29, 0.717) is 19.6 Å². The van der Waals surface area contributed by atoms with Crippen molar-refractivity contribution >= 4 is 46.4 Å². The highest BCUT2D eigenvalue weighted by molar-refractivity contribution is 7.80. The first-order valence-corrected chi connectivity index (χ1v) is 11.5. The van der Waals surface area contributed by atoms with Gasteiger partial charge >= 0.3 is 11.5 Å². The molecule has 0 unspecified atom stereocenters. The van der Waals surface area contributed by atoms with E-state index in [4.69, 9.17) is 38.1 Å². The largest absolute Gasteiger partial charge is 0.469 e. The smallest absolute Gasteiger partial charge is 0.411 e. The van der Waals surface area contributed by atoms with Crippen molar-refractivity contribution in [3.8, 4) is 0 Å². The number of ether oxygens (including phenoxy) is 2. The SMILES string of the molecule is CC(C)(C)OC(=O)N1C[C@H](N(OCc2ccccc2)C(=O)Cl)CC[C@H]1C(=O)N1CCOC1=S. The molecule has 11 heteroatoms. The molecular formula is C22H28ClN3O6S. The average molecular weight is 498 g/mol. The fourth-order valence-corrected chi connectivity index (χ4v) is 4.17. The standard InChI is InChI=1S/C22H28ClN3O6S/c1-22(2,3)32-20(29)25-13-16(9-10-17(25)18(27)24-11-12-30-21(24)33)26(19(23)28)31-14-15-7-5-4-6-8-15/h4-8,16-17H,9-14H2,1-3H3/t16-,17+/m1/s1. The number of carbonyl (C=O) groups excluding carboxylic acids is 3. The minimum atomic E-state index is -0.808. The van der Waals surface area contributed by atoms with E-state index in [2.05, 4.69) is 0 Å². The summed E-state index contributed by atoms with van der Waals surface area (Å²) in [4.78, 5) is 46.8. The number of thiocarbonyl (C=S) groups is 1. The highest BCUT2D eigenvalue weighted by atomic mass is 35.5. The molecule has 0 spiro atoms. The maximum atomic E-state index is 13.2. The molecule has 33 heavy (non-hydrogen) atoms. The zero-order valence-corrected chi connectivity index (χ0v) is 20.4. The summed E-state index contributed by atoms with van der Waals surface area (Å²) in [5, 5.41) is 0.352. The number of halogens is 1. The van der Waals surface area contributed by atoms with Gasteiger partial charge in [0.2, 0.25) is 0 Å². The summed E-state index contributed by atoms with van der Waals surface area (Å²) < 4.78 is 10.8. The van der Waals surface area contributed by atoms with Crippen LogP contribution in [-0.4, -0.2) is 74.8 Å². The van der Waals surface area contributed by atoms with Gasteiger partial charge < -0.3 is 9.47 Å². The molecule has 0 aliphatic carbocycles. The quantitative estimate of drug-likeness (QED) is 0.265. The number of hydrogen-bond donors (Lipinski definition) is 0. The van der Waals surface area contributed by atoms with E-state index < -0.39 is 29.1 Å². The van der Waals surface area contributed by atoms with Gasteiger partial charge in [-0.05, 0) is 63.0 Å². The van der Waals surface area contributed by atoms with Crippen LogP contribution in [0.4, 0.5) is 9.59 Å². The van der Waals surface area contributed by atoms with E-state index in [1.807, 2.05) is 30.3 Å². The second-order valence-electron chi connectivity index (χ2n) is 8.82. The lowest BCUT2D eigenvalue weighted by atomic mass is 9.97. The van der Waals surface area contributed by atoms with Gasteiger partial charge in [0.1, 0.15) is 24.9 Å². The van der Waals surface area contributed by atoms with Crippen LogP contribution in [0.25, 0.3) is 0 Å². The molecular weight excluding hydrogens is 470 g/mol. The highest BCUT2D eigenvalue weighted by Gasteiger charge is 2.44. The number of amides is 3. The maximum Gasteiger partial charge on any atom is 0.411 e. The van der Waals surface area contributed by atoms with E-state index in [1.54, 1.807) is 20.8 Å². The summed E-state index contributed by atoms with van der Waals surface area (Å²) in [6.45, 7) is 6.00. The minimum absolute atomic E-state index is 0.0139. The lowest BCUT2D eigenvalue weighted by Crippen LogP contribution is -2.59. The lowest BCUT2D eigenvalue weighted by molar-refractivity contribution is -0.163. The van der Waals surface area contributed by atoms with Gasteiger partial charge in [0.05, 0.1) is 12.6 Å². The molecule has 1 aromatic carbocycles. The number of piperidine rings is 1. The number of rotatable bonds is 5. The van der Waals surface area contributed by atoms with E-state index in [1.165, 1.54) is 9.80 Å². The second kappa shape index (κ2) is 10.7. The summed E-state index contributed by atoms with van der Waals surface area (Å²) in [6, 6.07) is 7.95. The first-order chi connectivity index (χ1) is 15.6. The van der Waals surface area contributed by atoms with E-state index >= 15 is 0 Å². The number of benzene rings is 1. The highest BCUT2D eigenvalue weighted by Crippen LogP contribution is 2.27. The van der Waals surface area contributed by atoms with Crippen molar-refractivity contribution in [2.24, 2.45) is 0 Å². The molecule has 0 N–H and O–H groups in total. The Hall–Kier alpha value is -2.43. The van der Waals surface area contributed by atoms with Crippen molar-refractivity contribution in [3.63, 3.8) is 0 Å². The van der Waals surface area contributed by atoms with Crippen LogP contribution >= 0.6 is 23.8 Å². The summed E-state index contributed by atoms with van der Waals surface area (Å²) in [5.41, 5.74) is 0.0889. The van der Waals surface area contributed by atoms with Crippen molar-refractivity contribution in [3.05, 3.63) is 35.9 Å². The molecule has 3 rings (SSSR count). The Kier molecular flexibility index (Phi) is 8.14. The third-order valence-corrected chi connectivity index (χ3v) is 5.72. The molecule has 180 valence electrons. The molecule has 2 fully saturated rings. The molecule has 2 aliphatic rings. The van der Waals surface area contributed by atoms with E-state index in [0.717, 1.165) is 10.6 Å². The first kappa shape index (κ1) is 25.2. The Morgan fingerprint density at radius 1 is 1.21 bits per heavy atom. The number of nitrogens with zero attached hydrogens (tertiary/aromatic N) is 3. The Morgan fingerprint density at radius 3 is 2.48 bits per heavy atom. The topological polar surface area (TPSA) is 88.6 Å². The molecule has 2 heterocycles. The van der Waals surface area contributed by atoms with Gasteiger partial charge in [-0.2, -0.15) is 0 Å². The van der Waals surface area contributed by atoms with Crippen LogP contribution in [0.3, 0.4) is 0 Å². The van der Waals surface area contributed by atoms with Gasteiger partial charge in [0.15, 0.2) is 0 Å². The van der Waals surface area contributed by atoms with Crippen LogP contribution in [0.5, 0.6) is 0 Å². The van der Waals surface area contributed by atoms with Gasteiger partial charge in [-0.15, -0.1) is 0 Å². The van der Waals surface area contributed by atoms with Crippen molar-refractivity contribution in [1.29, 1.82) is 0 Å². The third-order valence-electron chi connectivity index (χ3n) is 5.21. The lowest BCUT2D eigenvalue weighted by Gasteiger charge is -2.42. The van der Waals surface area contributed by atoms with Crippen LogP contribution in [0, 0.1) is 0 Å². The number of hydrogen-bond acceptors (Lipinski definition) is 7. The van der Waals surface area contributed by atoms with Gasteiger partial charge in [-0.25, -0.2) is 9.86 Å². The average Bonchev–Trinajstić information content (AvgIpc) is 3.18. The Labute approximate surface area is 203 Å². The van der Waals surface area contributed by atoms with Crippen LogP contribution in [0.1, 0.15) is 39.2 Å². The van der Waals surface area contributed by atoms with Gasteiger partial charge in [-0.1, -0.05) is 30.3 Å². The summed E-state index contributed by atoms with van der Waals surface area (Å²) in [5.74, 6) is -0.337. The number of carbonyl (C=O) groups is 3. The maximum absolute atomic E-state index is 13.2. The molecule has 2 aliphatic heterocycles. The molecule has 2 atom stereocenters. The summed E-state index contributed by atoms with van der Waals surface area (Å²) in [6.07, 6.45) is 0.00312. The van der Waals surface area contributed by atoms with Crippen molar-refractivity contribution < 1.29 is 28.7 Å². The van der Waals surface area contributed by atoms with E-state index in [9.17, 15) is 14.4 Å². The van der Waals surface area contributed by atoms with Crippen LogP contribution in [0.2, 0.25) is 0 Å². The number of hydroxylamine groups is 2. The Balaban J connectivity index is 1.78.